The smallest absolute Gasteiger partial charge is 0.122 e. The summed E-state index contributed by atoms with van der Waals surface area (Å²) >= 11 is 0. The molecule has 0 spiro atoms. The van der Waals surface area contributed by atoms with Crippen molar-refractivity contribution in [3.05, 3.63) is 77.4 Å². The van der Waals surface area contributed by atoms with Crippen LogP contribution in [-0.2, 0) is 11.2 Å². The monoisotopic (exact) mass is 252 g/mol. The van der Waals surface area contributed by atoms with Gasteiger partial charge in [-0.1, -0.05) is 60.2 Å². The highest BCUT2D eigenvalue weighted by atomic mass is 16.5. The van der Waals surface area contributed by atoms with E-state index in [2.05, 4.69) is 55.5 Å². The maximum absolute atomic E-state index is 5.88. The van der Waals surface area contributed by atoms with Gasteiger partial charge in [0, 0.05) is 12.0 Å². The maximum atomic E-state index is 5.88. The highest BCUT2D eigenvalue weighted by molar-refractivity contribution is 5.59. The van der Waals surface area contributed by atoms with Crippen molar-refractivity contribution in [2.75, 3.05) is 6.61 Å². The molecule has 0 saturated carbocycles. The van der Waals surface area contributed by atoms with E-state index in [1.165, 1.54) is 11.1 Å². The molecule has 0 atom stereocenters. The van der Waals surface area contributed by atoms with Crippen molar-refractivity contribution >= 4 is 5.76 Å². The van der Waals surface area contributed by atoms with Crippen molar-refractivity contribution in [2.24, 2.45) is 0 Å². The average molecular weight is 252 g/mol. The van der Waals surface area contributed by atoms with Crippen LogP contribution in [0.25, 0.3) is 5.76 Å². The van der Waals surface area contributed by atoms with E-state index in [1.54, 1.807) is 0 Å². The van der Waals surface area contributed by atoms with Gasteiger partial charge in [-0.25, -0.2) is 0 Å². The van der Waals surface area contributed by atoms with Crippen LogP contribution < -0.4 is 0 Å². The molecule has 1 heteroatoms. The van der Waals surface area contributed by atoms with E-state index in [-0.39, 0.29) is 0 Å². The molecule has 2 rings (SSSR count). The van der Waals surface area contributed by atoms with Crippen molar-refractivity contribution in [2.45, 2.75) is 20.3 Å². The van der Waals surface area contributed by atoms with Crippen LogP contribution in [0.4, 0.5) is 0 Å². The van der Waals surface area contributed by atoms with E-state index in [0.29, 0.717) is 6.61 Å². The second kappa shape index (κ2) is 6.79. The van der Waals surface area contributed by atoms with Crippen molar-refractivity contribution in [3.63, 3.8) is 0 Å². The molecule has 2 aromatic carbocycles. The SMILES string of the molecule is CC=C(OCCc1ccccc1)c1ccc(C)cc1. The Hall–Kier alpha value is -2.02. The molecule has 0 saturated heterocycles. The average Bonchev–Trinajstić information content (AvgIpc) is 2.46. The fourth-order valence-electron chi connectivity index (χ4n) is 1.97. The Bertz CT molecular complexity index is 523. The lowest BCUT2D eigenvalue weighted by Crippen LogP contribution is -1.98. The topological polar surface area (TPSA) is 9.23 Å². The highest BCUT2D eigenvalue weighted by Crippen LogP contribution is 2.17. The van der Waals surface area contributed by atoms with Gasteiger partial charge in [-0.15, -0.1) is 0 Å². The summed E-state index contributed by atoms with van der Waals surface area (Å²) in [6.07, 6.45) is 2.96. The number of allylic oxidation sites excluding steroid dienone is 1. The first kappa shape index (κ1) is 13.4. The lowest BCUT2D eigenvalue weighted by atomic mass is 10.1. The second-order valence-corrected chi connectivity index (χ2v) is 4.60. The first-order valence-electron chi connectivity index (χ1n) is 6.69. The number of aryl methyl sites for hydroxylation is 1. The summed E-state index contributed by atoms with van der Waals surface area (Å²) in [5.41, 5.74) is 3.71. The molecule has 0 aliphatic rings. The fraction of sp³-hybridized carbons (Fsp3) is 0.222. The zero-order valence-corrected chi connectivity index (χ0v) is 11.6. The molecular formula is C18H20O. The van der Waals surface area contributed by atoms with Crippen LogP contribution in [0.3, 0.4) is 0 Å². The molecule has 0 radical (unpaired) electrons. The molecule has 19 heavy (non-hydrogen) atoms. The first-order chi connectivity index (χ1) is 9.29. The van der Waals surface area contributed by atoms with Gasteiger partial charge in [-0.2, -0.15) is 0 Å². The van der Waals surface area contributed by atoms with E-state index in [4.69, 9.17) is 4.74 Å². The van der Waals surface area contributed by atoms with Gasteiger partial charge >= 0.3 is 0 Å². The zero-order valence-electron chi connectivity index (χ0n) is 11.6. The predicted molar refractivity (Wildman–Crippen MR) is 80.9 cm³/mol. The summed E-state index contributed by atoms with van der Waals surface area (Å²) < 4.78 is 5.88. The molecule has 0 fully saturated rings. The Labute approximate surface area is 115 Å². The molecule has 1 nitrogen and oxygen atoms in total. The third-order valence-corrected chi connectivity index (χ3v) is 3.09. The standard InChI is InChI=1S/C18H20O/c1-3-18(17-11-9-15(2)10-12-17)19-14-13-16-7-5-4-6-8-16/h3-12H,13-14H2,1-2H3. The molecule has 98 valence electrons. The highest BCUT2D eigenvalue weighted by Gasteiger charge is 2.01. The van der Waals surface area contributed by atoms with Crippen molar-refractivity contribution in [1.29, 1.82) is 0 Å². The summed E-state index contributed by atoms with van der Waals surface area (Å²) in [7, 11) is 0. The maximum Gasteiger partial charge on any atom is 0.122 e. The van der Waals surface area contributed by atoms with Crippen LogP contribution in [0.2, 0.25) is 0 Å². The molecular weight excluding hydrogens is 232 g/mol. The van der Waals surface area contributed by atoms with Crippen molar-refractivity contribution in [1.82, 2.24) is 0 Å². The molecule has 0 bridgehead atoms. The van der Waals surface area contributed by atoms with Crippen LogP contribution in [0.1, 0.15) is 23.6 Å². The fourth-order valence-corrected chi connectivity index (χ4v) is 1.97. The minimum atomic E-state index is 0.706. The van der Waals surface area contributed by atoms with Gasteiger partial charge in [0.15, 0.2) is 0 Å². The third-order valence-electron chi connectivity index (χ3n) is 3.09. The van der Waals surface area contributed by atoms with Crippen molar-refractivity contribution in [3.8, 4) is 0 Å². The molecule has 0 unspecified atom stereocenters. The second-order valence-electron chi connectivity index (χ2n) is 4.60. The van der Waals surface area contributed by atoms with Crippen LogP contribution in [0, 0.1) is 6.92 Å². The number of rotatable bonds is 5. The van der Waals surface area contributed by atoms with E-state index in [1.807, 2.05) is 19.1 Å². The van der Waals surface area contributed by atoms with Crippen LogP contribution >= 0.6 is 0 Å². The number of ether oxygens (including phenoxy) is 1. The Kier molecular flexibility index (Phi) is 4.79. The lowest BCUT2D eigenvalue weighted by molar-refractivity contribution is 0.281. The van der Waals surface area contributed by atoms with Gasteiger partial charge in [0.2, 0.25) is 0 Å². The minimum absolute atomic E-state index is 0.706. The number of benzene rings is 2. The van der Waals surface area contributed by atoms with Crippen LogP contribution in [0.15, 0.2) is 60.7 Å². The quantitative estimate of drug-likeness (QED) is 0.706. The first-order valence-corrected chi connectivity index (χ1v) is 6.69. The van der Waals surface area contributed by atoms with Crippen LogP contribution in [-0.4, -0.2) is 6.61 Å². The van der Waals surface area contributed by atoms with Gasteiger partial charge in [0.05, 0.1) is 6.61 Å². The van der Waals surface area contributed by atoms with Crippen molar-refractivity contribution < 1.29 is 4.74 Å². The van der Waals surface area contributed by atoms with E-state index < -0.39 is 0 Å². The summed E-state index contributed by atoms with van der Waals surface area (Å²) in [6.45, 7) is 4.81. The molecule has 0 amide bonds. The summed E-state index contributed by atoms with van der Waals surface area (Å²) in [4.78, 5) is 0. The van der Waals surface area contributed by atoms with Gasteiger partial charge < -0.3 is 4.74 Å². The van der Waals surface area contributed by atoms with E-state index >= 15 is 0 Å². The Morgan fingerprint density at radius 3 is 2.32 bits per heavy atom. The van der Waals surface area contributed by atoms with Gasteiger partial charge in [0.1, 0.15) is 5.76 Å². The minimum Gasteiger partial charge on any atom is -0.493 e. The van der Waals surface area contributed by atoms with Gasteiger partial charge in [-0.3, -0.25) is 0 Å². The molecule has 0 aromatic heterocycles. The van der Waals surface area contributed by atoms with E-state index in [0.717, 1.165) is 17.7 Å². The number of hydrogen-bond acceptors (Lipinski definition) is 1. The number of hydrogen-bond donors (Lipinski definition) is 0. The lowest BCUT2D eigenvalue weighted by Gasteiger charge is -2.10. The molecule has 0 heterocycles. The predicted octanol–water partition coefficient (Wildman–Crippen LogP) is 4.62. The zero-order chi connectivity index (χ0) is 13.5. The normalized spacial score (nSPS) is 11.4. The van der Waals surface area contributed by atoms with Crippen LogP contribution in [0.5, 0.6) is 0 Å². The molecule has 0 N–H and O–H groups in total. The van der Waals surface area contributed by atoms with Gasteiger partial charge in [0.25, 0.3) is 0 Å². The largest absolute Gasteiger partial charge is 0.493 e. The molecule has 0 aliphatic carbocycles. The molecule has 2 aromatic rings. The Morgan fingerprint density at radius 2 is 1.68 bits per heavy atom. The summed E-state index contributed by atoms with van der Waals surface area (Å²) in [5.74, 6) is 0.955. The van der Waals surface area contributed by atoms with Gasteiger partial charge in [-0.05, 0) is 25.5 Å². The third kappa shape index (κ3) is 3.99. The Balaban J connectivity index is 1.92. The summed E-state index contributed by atoms with van der Waals surface area (Å²) in [6, 6.07) is 18.8. The van der Waals surface area contributed by atoms with E-state index in [9.17, 15) is 0 Å². The molecule has 0 aliphatic heterocycles. The summed E-state index contributed by atoms with van der Waals surface area (Å²) in [5, 5.41) is 0. The Morgan fingerprint density at radius 1 is 1.00 bits per heavy atom.